The van der Waals surface area contributed by atoms with Crippen LogP contribution in [0.4, 0.5) is 0 Å². The molecule has 0 unspecified atom stereocenters. The molecule has 0 aliphatic heterocycles. The zero-order valence-corrected chi connectivity index (χ0v) is 10.1. The van der Waals surface area contributed by atoms with Crippen molar-refractivity contribution in [2.75, 3.05) is 0 Å². The van der Waals surface area contributed by atoms with Crippen LogP contribution in [0.5, 0.6) is 0 Å². The number of rotatable bonds is 2. The Morgan fingerprint density at radius 1 is 1.17 bits per heavy atom. The Morgan fingerprint density at radius 2 is 2.06 bits per heavy atom. The lowest BCUT2D eigenvalue weighted by Gasteiger charge is -2.01. The van der Waals surface area contributed by atoms with Gasteiger partial charge in [0.2, 0.25) is 0 Å². The number of fused-ring (bicyclic) bond motifs is 1. The molecule has 0 aliphatic rings. The van der Waals surface area contributed by atoms with Crippen molar-refractivity contribution in [3.05, 3.63) is 57.8 Å². The van der Waals surface area contributed by atoms with E-state index in [1.807, 2.05) is 29.6 Å². The average molecular weight is 256 g/mol. The topological polar surface area (TPSA) is 47.3 Å². The Hall–Kier alpha value is -2.20. The second-order valence-corrected chi connectivity index (χ2v) is 4.78. The van der Waals surface area contributed by atoms with E-state index in [2.05, 4.69) is 0 Å². The molecule has 0 N–H and O–H groups in total. The molecule has 0 saturated carbocycles. The molecule has 1 aromatic carbocycles. The maximum atomic E-state index is 11.4. The van der Waals surface area contributed by atoms with Gasteiger partial charge >= 0.3 is 5.63 Å². The van der Waals surface area contributed by atoms with Crippen LogP contribution in [0.2, 0.25) is 0 Å². The van der Waals surface area contributed by atoms with Gasteiger partial charge in [-0.2, -0.15) is 0 Å². The minimum atomic E-state index is -0.596. The van der Waals surface area contributed by atoms with Gasteiger partial charge in [-0.1, -0.05) is 6.07 Å². The highest BCUT2D eigenvalue weighted by Crippen LogP contribution is 2.27. The molecule has 0 amide bonds. The van der Waals surface area contributed by atoms with Crippen LogP contribution in [0.3, 0.4) is 0 Å². The van der Waals surface area contributed by atoms with Gasteiger partial charge in [0.25, 0.3) is 0 Å². The summed E-state index contributed by atoms with van der Waals surface area (Å²) in [5.74, 6) is 0. The van der Waals surface area contributed by atoms with Crippen LogP contribution < -0.4 is 5.63 Å². The molecule has 2 aromatic heterocycles. The van der Waals surface area contributed by atoms with Crippen molar-refractivity contribution < 1.29 is 9.21 Å². The predicted octanol–water partition coefficient (Wildman–Crippen LogP) is 3.33. The normalized spacial score (nSPS) is 10.7. The smallest absolute Gasteiger partial charge is 0.346 e. The number of hydrogen-bond donors (Lipinski definition) is 0. The van der Waals surface area contributed by atoms with Crippen molar-refractivity contribution in [2.45, 2.75) is 0 Å². The van der Waals surface area contributed by atoms with E-state index in [9.17, 15) is 9.59 Å². The van der Waals surface area contributed by atoms with E-state index in [0.29, 0.717) is 11.9 Å². The van der Waals surface area contributed by atoms with Gasteiger partial charge in [-0.25, -0.2) is 4.79 Å². The first-order valence-corrected chi connectivity index (χ1v) is 6.23. The lowest BCUT2D eigenvalue weighted by atomic mass is 10.1. The second-order valence-electron chi connectivity index (χ2n) is 3.84. The van der Waals surface area contributed by atoms with Gasteiger partial charge in [0.05, 0.1) is 0 Å². The lowest BCUT2D eigenvalue weighted by Crippen LogP contribution is -2.05. The third-order valence-electron chi connectivity index (χ3n) is 2.69. The maximum absolute atomic E-state index is 11.4. The Labute approximate surface area is 106 Å². The maximum Gasteiger partial charge on any atom is 0.346 e. The van der Waals surface area contributed by atoms with Gasteiger partial charge in [-0.3, -0.25) is 4.79 Å². The molecule has 4 heteroatoms. The monoisotopic (exact) mass is 256 g/mol. The second kappa shape index (κ2) is 4.23. The first kappa shape index (κ1) is 10.9. The number of carbonyl (C=O) groups excluding carboxylic acids is 1. The van der Waals surface area contributed by atoms with Crippen molar-refractivity contribution in [3.63, 3.8) is 0 Å². The lowest BCUT2D eigenvalue weighted by molar-refractivity contribution is 0.112. The van der Waals surface area contributed by atoms with E-state index in [-0.39, 0.29) is 5.56 Å². The quantitative estimate of drug-likeness (QED) is 0.522. The molecule has 3 rings (SSSR count). The minimum absolute atomic E-state index is 0.0471. The number of benzene rings is 1. The van der Waals surface area contributed by atoms with Crippen LogP contribution in [-0.2, 0) is 0 Å². The van der Waals surface area contributed by atoms with Gasteiger partial charge in [0.15, 0.2) is 6.29 Å². The van der Waals surface area contributed by atoms with Crippen LogP contribution in [0.25, 0.3) is 21.4 Å². The fourth-order valence-corrected chi connectivity index (χ4v) is 2.54. The molecule has 2 heterocycles. The Morgan fingerprint density at radius 3 is 2.78 bits per heavy atom. The highest BCUT2D eigenvalue weighted by Gasteiger charge is 2.06. The first-order chi connectivity index (χ1) is 8.78. The summed E-state index contributed by atoms with van der Waals surface area (Å²) in [6, 6.07) is 11.1. The molecule has 18 heavy (non-hydrogen) atoms. The molecular formula is C14H8O3S. The molecule has 3 nitrogen and oxygen atoms in total. The Balaban J connectivity index is 2.26. The van der Waals surface area contributed by atoms with Crippen LogP contribution >= 0.6 is 11.3 Å². The van der Waals surface area contributed by atoms with Crippen LogP contribution in [0, 0.1) is 0 Å². The van der Waals surface area contributed by atoms with Gasteiger partial charge in [0.1, 0.15) is 11.1 Å². The standard InChI is InChI=1S/C14H8O3S/c15-8-11-7-10-6-9(13-2-1-5-18-13)3-4-12(10)17-14(11)16/h1-8H. The third-order valence-corrected chi connectivity index (χ3v) is 3.61. The van der Waals surface area contributed by atoms with E-state index >= 15 is 0 Å². The fourth-order valence-electron chi connectivity index (χ4n) is 1.82. The summed E-state index contributed by atoms with van der Waals surface area (Å²) in [6.07, 6.45) is 0.517. The van der Waals surface area contributed by atoms with Crippen molar-refractivity contribution in [3.8, 4) is 10.4 Å². The Bertz CT molecular complexity index is 769. The molecule has 0 atom stereocenters. The molecule has 0 spiro atoms. The largest absolute Gasteiger partial charge is 0.422 e. The van der Waals surface area contributed by atoms with Gasteiger partial charge in [-0.15, -0.1) is 11.3 Å². The fraction of sp³-hybridized carbons (Fsp3) is 0. The van der Waals surface area contributed by atoms with Crippen molar-refractivity contribution in [1.29, 1.82) is 0 Å². The van der Waals surface area contributed by atoms with Crippen LogP contribution in [0.1, 0.15) is 10.4 Å². The summed E-state index contributed by atoms with van der Waals surface area (Å²) in [6.45, 7) is 0. The van der Waals surface area contributed by atoms with E-state index in [1.54, 1.807) is 23.5 Å². The zero-order chi connectivity index (χ0) is 12.5. The summed E-state index contributed by atoms with van der Waals surface area (Å²) < 4.78 is 5.07. The van der Waals surface area contributed by atoms with E-state index in [1.165, 1.54) is 0 Å². The van der Waals surface area contributed by atoms with E-state index < -0.39 is 5.63 Å². The number of carbonyl (C=O) groups is 1. The van der Waals surface area contributed by atoms with Crippen molar-refractivity contribution >= 4 is 28.6 Å². The molecule has 0 fully saturated rings. The van der Waals surface area contributed by atoms with Crippen molar-refractivity contribution in [1.82, 2.24) is 0 Å². The highest BCUT2D eigenvalue weighted by atomic mass is 32.1. The zero-order valence-electron chi connectivity index (χ0n) is 9.25. The summed E-state index contributed by atoms with van der Waals surface area (Å²) in [5, 5.41) is 2.75. The summed E-state index contributed by atoms with van der Waals surface area (Å²) in [4.78, 5) is 23.2. The summed E-state index contributed by atoms with van der Waals surface area (Å²) in [7, 11) is 0. The van der Waals surface area contributed by atoms with Gasteiger partial charge in [0, 0.05) is 10.3 Å². The molecule has 0 aliphatic carbocycles. The van der Waals surface area contributed by atoms with E-state index in [4.69, 9.17) is 4.42 Å². The molecule has 0 bridgehead atoms. The molecule has 3 aromatic rings. The van der Waals surface area contributed by atoms with Crippen LogP contribution in [0.15, 0.2) is 51.0 Å². The third kappa shape index (κ3) is 1.76. The Kier molecular flexibility index (Phi) is 2.57. The molecular weight excluding hydrogens is 248 g/mol. The minimum Gasteiger partial charge on any atom is -0.422 e. The number of hydrogen-bond acceptors (Lipinski definition) is 4. The number of thiophene rings is 1. The molecule has 88 valence electrons. The van der Waals surface area contributed by atoms with Gasteiger partial charge in [-0.05, 0) is 41.3 Å². The molecule has 0 radical (unpaired) electrons. The number of aldehydes is 1. The van der Waals surface area contributed by atoms with E-state index in [0.717, 1.165) is 15.8 Å². The first-order valence-electron chi connectivity index (χ1n) is 5.35. The SMILES string of the molecule is O=Cc1cc2cc(-c3cccs3)ccc2oc1=O. The van der Waals surface area contributed by atoms with Crippen molar-refractivity contribution in [2.24, 2.45) is 0 Å². The molecule has 0 saturated heterocycles. The summed E-state index contributed by atoms with van der Waals surface area (Å²) >= 11 is 1.64. The van der Waals surface area contributed by atoms with Crippen LogP contribution in [-0.4, -0.2) is 6.29 Å². The average Bonchev–Trinajstić information content (AvgIpc) is 2.91. The van der Waals surface area contributed by atoms with Gasteiger partial charge < -0.3 is 4.42 Å². The highest BCUT2D eigenvalue weighted by molar-refractivity contribution is 7.13. The predicted molar refractivity (Wildman–Crippen MR) is 71.2 cm³/mol. The summed E-state index contributed by atoms with van der Waals surface area (Å²) in [5.41, 5.74) is 0.987.